The molecule has 0 amide bonds. The van der Waals surface area contributed by atoms with Crippen molar-refractivity contribution in [3.8, 4) is 0 Å². The van der Waals surface area contributed by atoms with Gasteiger partial charge >= 0.3 is 0 Å². The molecule has 2 rings (SSSR count). The normalized spacial score (nSPS) is 12.9. The molecule has 2 aromatic heterocycles. The van der Waals surface area contributed by atoms with Crippen LogP contribution in [0.4, 0.5) is 5.95 Å². The molecule has 0 fully saturated rings. The monoisotopic (exact) mass is 234 g/mol. The van der Waals surface area contributed by atoms with Crippen molar-refractivity contribution in [3.63, 3.8) is 0 Å². The molecule has 0 saturated heterocycles. The Labute approximate surface area is 100 Å². The summed E-state index contributed by atoms with van der Waals surface area (Å²) >= 11 is 0. The Kier molecular flexibility index (Phi) is 3.58. The molecule has 0 spiro atoms. The van der Waals surface area contributed by atoms with Crippen LogP contribution in [-0.4, -0.2) is 32.4 Å². The molecule has 5 nitrogen and oxygen atoms in total. The molecule has 0 radical (unpaired) electrons. The van der Waals surface area contributed by atoms with Crippen molar-refractivity contribution in [2.45, 2.75) is 32.8 Å². The summed E-state index contributed by atoms with van der Waals surface area (Å²) in [5, 5.41) is 16.9. The van der Waals surface area contributed by atoms with E-state index < -0.39 is 0 Å². The highest BCUT2D eigenvalue weighted by Crippen LogP contribution is 2.07. The zero-order valence-corrected chi connectivity index (χ0v) is 10.2. The van der Waals surface area contributed by atoms with E-state index >= 15 is 0 Å². The zero-order valence-electron chi connectivity index (χ0n) is 10.2. The number of aliphatic hydroxyl groups excluding tert-OH is 1. The van der Waals surface area contributed by atoms with Crippen molar-refractivity contribution in [2.24, 2.45) is 0 Å². The van der Waals surface area contributed by atoms with Crippen LogP contribution in [0.3, 0.4) is 0 Å². The van der Waals surface area contributed by atoms with Crippen LogP contribution in [0.15, 0.2) is 18.3 Å². The highest BCUT2D eigenvalue weighted by Gasteiger charge is 2.06. The average molecular weight is 234 g/mol. The van der Waals surface area contributed by atoms with Gasteiger partial charge in [0.1, 0.15) is 0 Å². The molecule has 17 heavy (non-hydrogen) atoms. The summed E-state index contributed by atoms with van der Waals surface area (Å²) in [6, 6.07) is 3.93. The van der Waals surface area contributed by atoms with Gasteiger partial charge < -0.3 is 10.4 Å². The lowest BCUT2D eigenvalue weighted by Gasteiger charge is -2.08. The molecule has 2 N–H and O–H groups in total. The molecule has 0 aliphatic carbocycles. The number of aromatic nitrogens is 3. The van der Waals surface area contributed by atoms with Gasteiger partial charge in [-0.25, -0.2) is 4.52 Å². The molecular weight excluding hydrogens is 216 g/mol. The number of pyridine rings is 1. The summed E-state index contributed by atoms with van der Waals surface area (Å²) in [6.45, 7) is 4.55. The summed E-state index contributed by atoms with van der Waals surface area (Å²) in [5.74, 6) is 0.561. The van der Waals surface area contributed by atoms with Gasteiger partial charge in [-0.05, 0) is 25.0 Å². The smallest absolute Gasteiger partial charge is 0.243 e. The molecular formula is C12H18N4O. The Balaban J connectivity index is 2.04. The van der Waals surface area contributed by atoms with E-state index in [-0.39, 0.29) is 6.10 Å². The minimum atomic E-state index is -0.339. The Morgan fingerprint density at radius 2 is 2.29 bits per heavy atom. The van der Waals surface area contributed by atoms with E-state index in [9.17, 15) is 5.11 Å². The second-order valence-electron chi connectivity index (χ2n) is 4.27. The zero-order chi connectivity index (χ0) is 12.3. The lowest BCUT2D eigenvalue weighted by molar-refractivity contribution is 0.176. The number of anilines is 1. The predicted molar refractivity (Wildman–Crippen MR) is 67.1 cm³/mol. The number of hydrogen-bond acceptors (Lipinski definition) is 4. The second-order valence-corrected chi connectivity index (χ2v) is 4.27. The van der Waals surface area contributed by atoms with E-state index in [1.807, 2.05) is 25.3 Å². The third kappa shape index (κ3) is 2.94. The average Bonchev–Trinajstić information content (AvgIpc) is 2.68. The maximum absolute atomic E-state index is 9.60. The van der Waals surface area contributed by atoms with Gasteiger partial charge in [0.05, 0.1) is 6.10 Å². The molecule has 2 heterocycles. The quantitative estimate of drug-likeness (QED) is 0.825. The van der Waals surface area contributed by atoms with Gasteiger partial charge in [0.25, 0.3) is 0 Å². The van der Waals surface area contributed by atoms with Crippen LogP contribution < -0.4 is 5.32 Å². The Morgan fingerprint density at radius 1 is 1.47 bits per heavy atom. The molecule has 0 aliphatic heterocycles. The fourth-order valence-electron chi connectivity index (χ4n) is 1.71. The van der Waals surface area contributed by atoms with Crippen LogP contribution >= 0.6 is 0 Å². The van der Waals surface area contributed by atoms with Gasteiger partial charge in [-0.2, -0.15) is 4.98 Å². The standard InChI is InChI=1S/C12H18N4O/c1-3-4-10(17)7-13-12-14-11-6-5-9(2)8-16(11)15-12/h5-6,8,10,17H,3-4,7H2,1-2H3,(H,13,15). The van der Waals surface area contributed by atoms with E-state index in [0.29, 0.717) is 12.5 Å². The number of rotatable bonds is 5. The summed E-state index contributed by atoms with van der Waals surface area (Å²) in [7, 11) is 0. The number of nitrogens with one attached hydrogen (secondary N) is 1. The van der Waals surface area contributed by atoms with Crippen LogP contribution in [0, 0.1) is 6.92 Å². The SMILES string of the molecule is CCCC(O)CNc1nc2ccc(C)cn2n1. The van der Waals surface area contributed by atoms with Gasteiger partial charge in [-0.1, -0.05) is 19.4 Å². The number of aliphatic hydroxyl groups is 1. The van der Waals surface area contributed by atoms with Gasteiger partial charge in [0, 0.05) is 12.7 Å². The summed E-state index contributed by atoms with van der Waals surface area (Å²) < 4.78 is 1.74. The van der Waals surface area contributed by atoms with Crippen molar-refractivity contribution in [3.05, 3.63) is 23.9 Å². The van der Waals surface area contributed by atoms with Crippen molar-refractivity contribution in [1.82, 2.24) is 14.6 Å². The number of fused-ring (bicyclic) bond motifs is 1. The Hall–Kier alpha value is -1.62. The van der Waals surface area contributed by atoms with Crippen LogP contribution in [0.5, 0.6) is 0 Å². The third-order valence-corrected chi connectivity index (χ3v) is 2.60. The first-order chi connectivity index (χ1) is 8.19. The highest BCUT2D eigenvalue weighted by molar-refractivity contribution is 5.44. The number of nitrogens with zero attached hydrogens (tertiary/aromatic N) is 3. The van der Waals surface area contributed by atoms with E-state index in [1.165, 1.54) is 0 Å². The van der Waals surface area contributed by atoms with E-state index in [2.05, 4.69) is 22.3 Å². The molecule has 0 aliphatic rings. The van der Waals surface area contributed by atoms with Crippen molar-refractivity contribution < 1.29 is 5.11 Å². The predicted octanol–water partition coefficient (Wildman–Crippen LogP) is 1.61. The maximum Gasteiger partial charge on any atom is 0.243 e. The molecule has 2 aromatic rings. The summed E-state index contributed by atoms with van der Waals surface area (Å²) in [6.07, 6.45) is 3.35. The Morgan fingerprint density at radius 3 is 3.06 bits per heavy atom. The fourth-order valence-corrected chi connectivity index (χ4v) is 1.71. The minimum absolute atomic E-state index is 0.339. The van der Waals surface area contributed by atoms with E-state index in [4.69, 9.17) is 0 Å². The van der Waals surface area contributed by atoms with Gasteiger partial charge in [-0.15, -0.1) is 5.10 Å². The van der Waals surface area contributed by atoms with Crippen LogP contribution in [0.1, 0.15) is 25.3 Å². The van der Waals surface area contributed by atoms with Gasteiger partial charge in [-0.3, -0.25) is 0 Å². The van der Waals surface area contributed by atoms with Crippen LogP contribution in [0.2, 0.25) is 0 Å². The highest BCUT2D eigenvalue weighted by atomic mass is 16.3. The van der Waals surface area contributed by atoms with Crippen LogP contribution in [0.25, 0.3) is 5.65 Å². The largest absolute Gasteiger partial charge is 0.391 e. The lowest BCUT2D eigenvalue weighted by Crippen LogP contribution is -2.19. The van der Waals surface area contributed by atoms with Crippen molar-refractivity contribution in [1.29, 1.82) is 0 Å². The Bertz CT molecular complexity index is 494. The minimum Gasteiger partial charge on any atom is -0.391 e. The number of aryl methyl sites for hydroxylation is 1. The molecule has 1 unspecified atom stereocenters. The summed E-state index contributed by atoms with van der Waals surface area (Å²) in [4.78, 5) is 4.32. The van der Waals surface area contributed by atoms with Crippen molar-refractivity contribution >= 4 is 11.6 Å². The van der Waals surface area contributed by atoms with E-state index in [1.54, 1.807) is 4.52 Å². The molecule has 1 atom stereocenters. The van der Waals surface area contributed by atoms with E-state index in [0.717, 1.165) is 24.1 Å². The topological polar surface area (TPSA) is 62.5 Å². The first-order valence-electron chi connectivity index (χ1n) is 5.94. The molecule has 92 valence electrons. The third-order valence-electron chi connectivity index (χ3n) is 2.60. The van der Waals surface area contributed by atoms with Crippen molar-refractivity contribution in [2.75, 3.05) is 11.9 Å². The van der Waals surface area contributed by atoms with Gasteiger partial charge in [0.2, 0.25) is 5.95 Å². The van der Waals surface area contributed by atoms with Gasteiger partial charge in [0.15, 0.2) is 5.65 Å². The molecule has 0 saturated carbocycles. The first kappa shape index (κ1) is 11.9. The fraction of sp³-hybridized carbons (Fsp3) is 0.500. The van der Waals surface area contributed by atoms with Crippen LogP contribution in [-0.2, 0) is 0 Å². The molecule has 0 aromatic carbocycles. The maximum atomic E-state index is 9.60. The molecule has 5 heteroatoms. The molecule has 0 bridgehead atoms. The first-order valence-corrected chi connectivity index (χ1v) is 5.94. The summed E-state index contributed by atoms with van der Waals surface area (Å²) in [5.41, 5.74) is 1.95. The number of hydrogen-bond donors (Lipinski definition) is 2. The second kappa shape index (κ2) is 5.14. The lowest BCUT2D eigenvalue weighted by atomic mass is 10.2.